The lowest BCUT2D eigenvalue weighted by Gasteiger charge is -2.36. The minimum atomic E-state index is 0.0221. The van der Waals surface area contributed by atoms with Crippen molar-refractivity contribution in [3.8, 4) is 5.75 Å². The number of piperidine rings is 1. The van der Waals surface area contributed by atoms with Gasteiger partial charge in [0.05, 0.1) is 7.11 Å². The van der Waals surface area contributed by atoms with Gasteiger partial charge >= 0.3 is 0 Å². The third kappa shape index (κ3) is 3.46. The van der Waals surface area contributed by atoms with E-state index in [2.05, 4.69) is 4.98 Å². The zero-order valence-electron chi connectivity index (χ0n) is 16.3. The Labute approximate surface area is 165 Å². The largest absolute Gasteiger partial charge is 0.496 e. The van der Waals surface area contributed by atoms with Gasteiger partial charge < -0.3 is 14.5 Å². The number of hydrogen-bond acceptors (Lipinski definition) is 4. The highest BCUT2D eigenvalue weighted by atomic mass is 16.5. The molecule has 2 atom stereocenters. The molecule has 3 aliphatic heterocycles. The molecule has 2 amide bonds. The van der Waals surface area contributed by atoms with E-state index in [-0.39, 0.29) is 17.9 Å². The Morgan fingerprint density at radius 1 is 1.00 bits per heavy atom. The third-order valence-corrected chi connectivity index (χ3v) is 5.83. The molecule has 2 aromatic rings. The monoisotopic (exact) mass is 379 g/mol. The summed E-state index contributed by atoms with van der Waals surface area (Å²) < 4.78 is 5.30. The number of aromatic nitrogens is 1. The topological polar surface area (TPSA) is 62.7 Å². The molecule has 5 rings (SSSR count). The molecule has 28 heavy (non-hydrogen) atoms. The van der Waals surface area contributed by atoms with Crippen molar-refractivity contribution in [2.75, 3.05) is 26.7 Å². The molecular formula is C22H25N3O3. The number of rotatable bonds is 3. The van der Waals surface area contributed by atoms with Crippen LogP contribution in [0.1, 0.15) is 39.1 Å². The van der Waals surface area contributed by atoms with E-state index in [1.807, 2.05) is 34.9 Å². The fourth-order valence-electron chi connectivity index (χ4n) is 4.35. The number of hydrogen-bond donors (Lipinski definition) is 0. The number of methoxy groups -OCH3 is 1. The van der Waals surface area contributed by atoms with Crippen LogP contribution in [0.5, 0.6) is 5.75 Å². The van der Waals surface area contributed by atoms with Crippen molar-refractivity contribution < 1.29 is 14.3 Å². The predicted octanol–water partition coefficient (Wildman–Crippen LogP) is 2.78. The molecule has 0 N–H and O–H groups in total. The Balaban J connectivity index is 1.54. The van der Waals surface area contributed by atoms with Crippen molar-refractivity contribution >= 4 is 11.8 Å². The lowest BCUT2D eigenvalue weighted by Crippen LogP contribution is -2.47. The van der Waals surface area contributed by atoms with Crippen LogP contribution in [0, 0.1) is 12.8 Å². The van der Waals surface area contributed by atoms with Crippen LogP contribution < -0.4 is 4.74 Å². The minimum Gasteiger partial charge on any atom is -0.496 e. The maximum Gasteiger partial charge on any atom is 0.254 e. The van der Waals surface area contributed by atoms with Crippen LogP contribution in [-0.2, 0) is 0 Å². The van der Waals surface area contributed by atoms with Gasteiger partial charge in [-0.25, -0.2) is 0 Å². The van der Waals surface area contributed by atoms with Gasteiger partial charge in [-0.15, -0.1) is 0 Å². The van der Waals surface area contributed by atoms with E-state index in [1.54, 1.807) is 31.6 Å². The average molecular weight is 379 g/mol. The quantitative estimate of drug-likeness (QED) is 0.823. The number of nitrogens with zero attached hydrogens (tertiary/aromatic N) is 3. The van der Waals surface area contributed by atoms with Crippen molar-refractivity contribution in [1.29, 1.82) is 0 Å². The maximum absolute atomic E-state index is 13.2. The molecular weight excluding hydrogens is 354 g/mol. The van der Waals surface area contributed by atoms with Crippen molar-refractivity contribution in [2.24, 2.45) is 5.92 Å². The zero-order chi connectivity index (χ0) is 19.7. The Morgan fingerprint density at radius 2 is 1.79 bits per heavy atom. The second-order valence-corrected chi connectivity index (χ2v) is 7.69. The molecule has 2 bridgehead atoms. The van der Waals surface area contributed by atoms with Crippen molar-refractivity contribution in [3.05, 3.63) is 59.4 Å². The molecule has 146 valence electrons. The Kier molecular flexibility index (Phi) is 5.03. The number of aryl methyl sites for hydroxylation is 1. The number of amides is 2. The normalized spacial score (nSPS) is 21.4. The second-order valence-electron chi connectivity index (χ2n) is 7.69. The van der Waals surface area contributed by atoms with Crippen LogP contribution in [0.15, 0.2) is 42.7 Å². The molecule has 3 fully saturated rings. The van der Waals surface area contributed by atoms with Gasteiger partial charge in [-0.1, -0.05) is 0 Å². The summed E-state index contributed by atoms with van der Waals surface area (Å²) in [4.78, 5) is 34.0. The van der Waals surface area contributed by atoms with Crippen molar-refractivity contribution in [1.82, 2.24) is 14.8 Å². The molecule has 6 heteroatoms. The van der Waals surface area contributed by atoms with Gasteiger partial charge in [0.15, 0.2) is 0 Å². The van der Waals surface area contributed by atoms with Gasteiger partial charge in [-0.2, -0.15) is 0 Å². The van der Waals surface area contributed by atoms with E-state index in [0.717, 1.165) is 24.2 Å². The molecule has 1 aromatic heterocycles. The van der Waals surface area contributed by atoms with Crippen molar-refractivity contribution in [2.45, 2.75) is 25.8 Å². The van der Waals surface area contributed by atoms with E-state index in [4.69, 9.17) is 4.74 Å². The highest BCUT2D eigenvalue weighted by molar-refractivity contribution is 5.96. The smallest absolute Gasteiger partial charge is 0.254 e. The highest BCUT2D eigenvalue weighted by Crippen LogP contribution is 2.30. The standard InChI is InChI=1S/C22H25N3O3/c1-15-11-18(4-6-20(15)28-2)22(27)25-13-16-3-5-19(25)14-24(12-16)21(26)17-7-9-23-10-8-17/h4,6-11,16,19H,3,5,12-14H2,1-2H3/t16-,19+/m0/s1. The first-order chi connectivity index (χ1) is 13.6. The van der Waals surface area contributed by atoms with Gasteiger partial charge in [-0.3, -0.25) is 14.6 Å². The Morgan fingerprint density at radius 3 is 2.50 bits per heavy atom. The highest BCUT2D eigenvalue weighted by Gasteiger charge is 2.39. The van der Waals surface area contributed by atoms with E-state index in [1.165, 1.54) is 0 Å². The lowest BCUT2D eigenvalue weighted by atomic mass is 9.94. The van der Waals surface area contributed by atoms with E-state index in [0.29, 0.717) is 36.7 Å². The van der Waals surface area contributed by atoms with E-state index >= 15 is 0 Å². The van der Waals surface area contributed by atoms with Gasteiger partial charge in [0.25, 0.3) is 11.8 Å². The number of fused-ring (bicyclic) bond motifs is 4. The SMILES string of the molecule is COc1ccc(C(=O)N2C[C@H]3CC[C@@H]2CN(C(=O)c2ccncc2)C3)cc1C. The summed E-state index contributed by atoms with van der Waals surface area (Å²) in [6, 6.07) is 9.11. The molecule has 6 nitrogen and oxygen atoms in total. The van der Waals surface area contributed by atoms with Crippen LogP contribution in [-0.4, -0.2) is 59.4 Å². The summed E-state index contributed by atoms with van der Waals surface area (Å²) in [5, 5.41) is 0. The summed E-state index contributed by atoms with van der Waals surface area (Å²) in [5.74, 6) is 1.16. The maximum atomic E-state index is 13.2. The van der Waals surface area contributed by atoms with E-state index < -0.39 is 0 Å². The van der Waals surface area contributed by atoms with Crippen molar-refractivity contribution in [3.63, 3.8) is 0 Å². The first kappa shape index (κ1) is 18.5. The lowest BCUT2D eigenvalue weighted by molar-refractivity contribution is 0.0574. The fourth-order valence-corrected chi connectivity index (χ4v) is 4.35. The molecule has 0 unspecified atom stereocenters. The zero-order valence-corrected chi connectivity index (χ0v) is 16.3. The van der Waals surface area contributed by atoms with E-state index in [9.17, 15) is 9.59 Å². The summed E-state index contributed by atoms with van der Waals surface area (Å²) >= 11 is 0. The fraction of sp³-hybridized carbons (Fsp3) is 0.409. The number of carbonyl (C=O) groups excluding carboxylic acids is 2. The van der Waals surface area contributed by atoms with Gasteiger partial charge in [0.1, 0.15) is 5.75 Å². The van der Waals surface area contributed by atoms with Gasteiger partial charge in [0.2, 0.25) is 0 Å². The van der Waals surface area contributed by atoms with Crippen LogP contribution in [0.3, 0.4) is 0 Å². The van der Waals surface area contributed by atoms with Crippen LogP contribution in [0.2, 0.25) is 0 Å². The Hall–Kier alpha value is -2.89. The first-order valence-electron chi connectivity index (χ1n) is 9.71. The summed E-state index contributed by atoms with van der Waals surface area (Å²) in [6.45, 7) is 3.93. The molecule has 0 radical (unpaired) electrons. The number of carbonyl (C=O) groups is 2. The summed E-state index contributed by atoms with van der Waals surface area (Å²) in [7, 11) is 1.63. The number of ether oxygens (including phenoxy) is 1. The minimum absolute atomic E-state index is 0.0221. The van der Waals surface area contributed by atoms with Crippen LogP contribution in [0.25, 0.3) is 0 Å². The molecule has 4 heterocycles. The molecule has 1 aromatic carbocycles. The molecule has 0 spiro atoms. The Bertz CT molecular complexity index is 884. The first-order valence-corrected chi connectivity index (χ1v) is 9.71. The molecule has 0 saturated carbocycles. The predicted molar refractivity (Wildman–Crippen MR) is 105 cm³/mol. The number of benzene rings is 1. The molecule has 3 saturated heterocycles. The summed E-state index contributed by atoms with van der Waals surface area (Å²) in [6.07, 6.45) is 5.27. The average Bonchev–Trinajstić information content (AvgIpc) is 3.05. The van der Waals surface area contributed by atoms with Crippen LogP contribution >= 0.6 is 0 Å². The number of pyridine rings is 1. The van der Waals surface area contributed by atoms with Gasteiger partial charge in [-0.05, 0) is 61.6 Å². The van der Waals surface area contributed by atoms with Crippen LogP contribution in [0.4, 0.5) is 0 Å². The molecule has 3 aliphatic rings. The van der Waals surface area contributed by atoms with Gasteiger partial charge in [0, 0.05) is 49.2 Å². The summed E-state index contributed by atoms with van der Waals surface area (Å²) in [5.41, 5.74) is 2.28. The second kappa shape index (κ2) is 7.62. The molecule has 0 aliphatic carbocycles. The third-order valence-electron chi connectivity index (χ3n) is 5.83.